The zero-order valence-corrected chi connectivity index (χ0v) is 12.1. The molecule has 0 fully saturated rings. The Morgan fingerprint density at radius 3 is 2.00 bits per heavy atom. The molecule has 0 heteroatoms. The van der Waals surface area contributed by atoms with E-state index in [9.17, 15) is 0 Å². The second-order valence-corrected chi connectivity index (χ2v) is 5.95. The van der Waals surface area contributed by atoms with Crippen LogP contribution in [0.3, 0.4) is 0 Å². The fraction of sp³-hybridized carbons (Fsp3) is 0.263. The molecule has 0 nitrogen and oxygen atoms in total. The van der Waals surface area contributed by atoms with E-state index >= 15 is 0 Å². The fourth-order valence-electron chi connectivity index (χ4n) is 1.92. The van der Waals surface area contributed by atoms with Gasteiger partial charge in [0.1, 0.15) is 0 Å². The highest BCUT2D eigenvalue weighted by atomic mass is 14.2. The third-order valence-electron chi connectivity index (χ3n) is 3.12. The maximum absolute atomic E-state index is 3.22. The summed E-state index contributed by atoms with van der Waals surface area (Å²) >= 11 is 0. The molecule has 96 valence electrons. The fourth-order valence-corrected chi connectivity index (χ4v) is 1.92. The number of aryl methyl sites for hydroxylation is 1. The van der Waals surface area contributed by atoms with Gasteiger partial charge in [-0.2, -0.15) is 0 Å². The van der Waals surface area contributed by atoms with Crippen molar-refractivity contribution in [3.05, 3.63) is 70.8 Å². The molecule has 0 aliphatic heterocycles. The summed E-state index contributed by atoms with van der Waals surface area (Å²) in [5.74, 6) is 6.43. The van der Waals surface area contributed by atoms with Gasteiger partial charge in [0.2, 0.25) is 0 Å². The van der Waals surface area contributed by atoms with Crippen LogP contribution in [-0.2, 0) is 5.41 Å². The lowest BCUT2D eigenvalue weighted by Crippen LogP contribution is -2.10. The molecule has 0 saturated carbocycles. The Morgan fingerprint density at radius 1 is 0.789 bits per heavy atom. The summed E-state index contributed by atoms with van der Waals surface area (Å²) in [6, 6.07) is 16.8. The van der Waals surface area contributed by atoms with Gasteiger partial charge in [-0.05, 0) is 47.7 Å². The van der Waals surface area contributed by atoms with Crippen LogP contribution in [0.5, 0.6) is 0 Å². The Morgan fingerprint density at radius 2 is 1.42 bits per heavy atom. The van der Waals surface area contributed by atoms with Crippen LogP contribution in [0, 0.1) is 18.8 Å². The molecular weight excluding hydrogens is 228 g/mol. The molecule has 0 aliphatic carbocycles. The molecule has 0 bridgehead atoms. The van der Waals surface area contributed by atoms with Crippen molar-refractivity contribution in [2.24, 2.45) is 0 Å². The van der Waals surface area contributed by atoms with Gasteiger partial charge in [0.15, 0.2) is 0 Å². The lowest BCUT2D eigenvalue weighted by atomic mass is 9.87. The molecule has 2 aromatic rings. The summed E-state index contributed by atoms with van der Waals surface area (Å²) in [5, 5.41) is 0. The van der Waals surface area contributed by atoms with Gasteiger partial charge in [-0.3, -0.25) is 0 Å². The average molecular weight is 248 g/mol. The van der Waals surface area contributed by atoms with Crippen molar-refractivity contribution in [3.8, 4) is 11.8 Å². The van der Waals surface area contributed by atoms with Crippen molar-refractivity contribution in [2.45, 2.75) is 33.1 Å². The highest BCUT2D eigenvalue weighted by molar-refractivity contribution is 5.44. The van der Waals surface area contributed by atoms with Crippen LogP contribution in [0.4, 0.5) is 0 Å². The topological polar surface area (TPSA) is 0 Å². The third-order valence-corrected chi connectivity index (χ3v) is 3.12. The minimum Gasteiger partial charge on any atom is -0.0617 e. The van der Waals surface area contributed by atoms with Crippen LogP contribution < -0.4 is 0 Å². The number of benzene rings is 2. The lowest BCUT2D eigenvalue weighted by Gasteiger charge is -2.18. The maximum Gasteiger partial charge on any atom is 0.0251 e. The van der Waals surface area contributed by atoms with E-state index < -0.39 is 0 Å². The molecule has 0 N–H and O–H groups in total. The van der Waals surface area contributed by atoms with Crippen molar-refractivity contribution in [3.63, 3.8) is 0 Å². The van der Waals surface area contributed by atoms with Gasteiger partial charge in [0, 0.05) is 11.1 Å². The Kier molecular flexibility index (Phi) is 3.76. The minimum atomic E-state index is 0.197. The predicted octanol–water partition coefficient (Wildman–Crippen LogP) is 4.69. The molecule has 0 aromatic heterocycles. The zero-order chi connectivity index (χ0) is 13.9. The van der Waals surface area contributed by atoms with E-state index in [1.54, 1.807) is 0 Å². The van der Waals surface area contributed by atoms with Crippen molar-refractivity contribution in [1.29, 1.82) is 0 Å². The largest absolute Gasteiger partial charge is 0.0617 e. The van der Waals surface area contributed by atoms with E-state index in [4.69, 9.17) is 0 Å². The van der Waals surface area contributed by atoms with Crippen molar-refractivity contribution in [1.82, 2.24) is 0 Å². The van der Waals surface area contributed by atoms with Gasteiger partial charge in [-0.1, -0.05) is 56.9 Å². The quantitative estimate of drug-likeness (QED) is 0.593. The van der Waals surface area contributed by atoms with E-state index in [0.717, 1.165) is 11.1 Å². The first-order valence-electron chi connectivity index (χ1n) is 6.64. The smallest absolute Gasteiger partial charge is 0.0251 e. The summed E-state index contributed by atoms with van der Waals surface area (Å²) in [5.41, 5.74) is 4.92. The number of rotatable bonds is 0. The monoisotopic (exact) mass is 248 g/mol. The van der Waals surface area contributed by atoms with Gasteiger partial charge < -0.3 is 0 Å². The Balaban J connectivity index is 2.21. The van der Waals surface area contributed by atoms with Crippen LogP contribution in [0.15, 0.2) is 48.5 Å². The van der Waals surface area contributed by atoms with Gasteiger partial charge in [-0.25, -0.2) is 0 Å². The maximum atomic E-state index is 3.22. The van der Waals surface area contributed by atoms with E-state index in [0.29, 0.717) is 0 Å². The third kappa shape index (κ3) is 3.73. The lowest BCUT2D eigenvalue weighted by molar-refractivity contribution is 0.590. The zero-order valence-electron chi connectivity index (χ0n) is 12.1. The molecule has 0 saturated heterocycles. The Labute approximate surface area is 116 Å². The van der Waals surface area contributed by atoms with Crippen molar-refractivity contribution in [2.75, 3.05) is 0 Å². The van der Waals surface area contributed by atoms with Gasteiger partial charge >= 0.3 is 0 Å². The summed E-state index contributed by atoms with van der Waals surface area (Å²) < 4.78 is 0. The second kappa shape index (κ2) is 5.33. The molecule has 2 rings (SSSR count). The first-order chi connectivity index (χ1) is 8.95. The minimum absolute atomic E-state index is 0.197. The van der Waals surface area contributed by atoms with E-state index in [-0.39, 0.29) is 5.41 Å². The van der Waals surface area contributed by atoms with Gasteiger partial charge in [0.05, 0.1) is 0 Å². The SMILES string of the molecule is Cc1cccc(C#Cc2ccc(C(C)(C)C)cc2)c1. The molecular formula is C19H20. The molecule has 0 heterocycles. The van der Waals surface area contributed by atoms with Gasteiger partial charge in [-0.15, -0.1) is 0 Å². The summed E-state index contributed by atoms with van der Waals surface area (Å²) in [6.07, 6.45) is 0. The van der Waals surface area contributed by atoms with E-state index in [2.05, 4.69) is 75.9 Å². The number of hydrogen-bond donors (Lipinski definition) is 0. The predicted molar refractivity (Wildman–Crippen MR) is 82.3 cm³/mol. The summed E-state index contributed by atoms with van der Waals surface area (Å²) in [4.78, 5) is 0. The second-order valence-electron chi connectivity index (χ2n) is 5.95. The normalized spacial score (nSPS) is 10.7. The summed E-state index contributed by atoms with van der Waals surface area (Å²) in [6.45, 7) is 8.75. The summed E-state index contributed by atoms with van der Waals surface area (Å²) in [7, 11) is 0. The molecule has 0 amide bonds. The number of hydrogen-bond acceptors (Lipinski definition) is 0. The van der Waals surface area contributed by atoms with Crippen molar-refractivity contribution < 1.29 is 0 Å². The average Bonchev–Trinajstić information content (AvgIpc) is 2.36. The molecule has 0 unspecified atom stereocenters. The van der Waals surface area contributed by atoms with E-state index in [1.165, 1.54) is 11.1 Å². The Bertz CT molecular complexity index is 614. The molecule has 0 spiro atoms. The first kappa shape index (κ1) is 13.4. The van der Waals surface area contributed by atoms with Gasteiger partial charge in [0.25, 0.3) is 0 Å². The first-order valence-corrected chi connectivity index (χ1v) is 6.64. The highest BCUT2D eigenvalue weighted by Gasteiger charge is 2.12. The molecule has 0 atom stereocenters. The van der Waals surface area contributed by atoms with Crippen LogP contribution >= 0.6 is 0 Å². The van der Waals surface area contributed by atoms with Crippen LogP contribution in [0.2, 0.25) is 0 Å². The molecule has 19 heavy (non-hydrogen) atoms. The Hall–Kier alpha value is -2.00. The molecule has 0 radical (unpaired) electrons. The van der Waals surface area contributed by atoms with Crippen LogP contribution in [0.25, 0.3) is 0 Å². The van der Waals surface area contributed by atoms with Crippen LogP contribution in [-0.4, -0.2) is 0 Å². The van der Waals surface area contributed by atoms with Crippen LogP contribution in [0.1, 0.15) is 43.0 Å². The molecule has 2 aromatic carbocycles. The standard InChI is InChI=1S/C19H20/c1-15-6-5-7-17(14-15)9-8-16-10-12-18(13-11-16)19(2,3)4/h5-7,10-14H,1-4H3. The highest BCUT2D eigenvalue weighted by Crippen LogP contribution is 2.21. The molecule has 0 aliphatic rings. The van der Waals surface area contributed by atoms with E-state index in [1.807, 2.05) is 12.1 Å². The van der Waals surface area contributed by atoms with Crippen molar-refractivity contribution >= 4 is 0 Å².